The molecule has 1 heterocycles. The predicted molar refractivity (Wildman–Crippen MR) is 111 cm³/mol. The summed E-state index contributed by atoms with van der Waals surface area (Å²) in [4.78, 5) is 8.01. The predicted octanol–water partition coefficient (Wildman–Crippen LogP) is 5.97. The highest BCUT2D eigenvalue weighted by Crippen LogP contribution is 2.33. The average Bonchev–Trinajstić information content (AvgIpc) is 3.11. The normalized spacial score (nSPS) is 10.9. The number of H-pyrrole nitrogens is 1. The molecule has 0 unspecified atom stereocenters. The van der Waals surface area contributed by atoms with Crippen LogP contribution in [-0.4, -0.2) is 16.6 Å². The van der Waals surface area contributed by atoms with Crippen LogP contribution in [0.1, 0.15) is 12.5 Å². The quantitative estimate of drug-likeness (QED) is 0.416. The number of ether oxygens (including phenoxy) is 2. The van der Waals surface area contributed by atoms with Gasteiger partial charge >= 0.3 is 0 Å². The van der Waals surface area contributed by atoms with E-state index in [1.165, 1.54) is 0 Å². The first-order valence-corrected chi connectivity index (χ1v) is 9.61. The summed E-state index contributed by atoms with van der Waals surface area (Å²) in [7, 11) is 0. The molecule has 0 saturated heterocycles. The Morgan fingerprint density at radius 1 is 0.926 bits per heavy atom. The second-order valence-corrected chi connectivity index (χ2v) is 7.03. The second kappa shape index (κ2) is 7.84. The number of para-hydroxylation sites is 2. The molecule has 0 saturated carbocycles. The Morgan fingerprint density at radius 3 is 2.63 bits per heavy atom. The van der Waals surface area contributed by atoms with Crippen molar-refractivity contribution in [3.05, 3.63) is 76.8 Å². The van der Waals surface area contributed by atoms with Gasteiger partial charge in [-0.1, -0.05) is 40.2 Å². The Balaban J connectivity index is 1.61. The summed E-state index contributed by atoms with van der Waals surface area (Å²) >= 11 is 3.49. The molecule has 0 atom stereocenters. The van der Waals surface area contributed by atoms with Gasteiger partial charge in [0.1, 0.15) is 12.4 Å². The maximum atomic E-state index is 6.00. The lowest BCUT2D eigenvalue weighted by molar-refractivity contribution is 0.269. The number of fused-ring (bicyclic) bond motifs is 1. The van der Waals surface area contributed by atoms with Crippen molar-refractivity contribution in [2.45, 2.75) is 13.5 Å². The number of aromatic nitrogens is 2. The third-order valence-corrected chi connectivity index (χ3v) is 4.68. The Hall–Kier alpha value is -2.79. The number of hydrogen-bond donors (Lipinski definition) is 1. The molecule has 0 aliphatic heterocycles. The molecule has 136 valence electrons. The summed E-state index contributed by atoms with van der Waals surface area (Å²) in [5, 5.41) is 0. The number of aromatic amines is 1. The summed E-state index contributed by atoms with van der Waals surface area (Å²) < 4.78 is 12.8. The van der Waals surface area contributed by atoms with Gasteiger partial charge in [-0.3, -0.25) is 0 Å². The Bertz CT molecular complexity index is 1040. The molecular weight excluding hydrogens is 404 g/mol. The molecule has 0 aliphatic carbocycles. The van der Waals surface area contributed by atoms with Gasteiger partial charge < -0.3 is 14.5 Å². The van der Waals surface area contributed by atoms with E-state index < -0.39 is 0 Å². The van der Waals surface area contributed by atoms with Gasteiger partial charge in [0.25, 0.3) is 0 Å². The molecule has 4 nitrogen and oxygen atoms in total. The van der Waals surface area contributed by atoms with Gasteiger partial charge in [-0.05, 0) is 55.0 Å². The van der Waals surface area contributed by atoms with Crippen LogP contribution in [0.3, 0.4) is 0 Å². The standard InChI is InChI=1S/C22H19BrN2O2/c1-2-26-21-13-16(22-24-18-8-3-4-9-19(18)25-22)10-11-20(21)27-14-15-6-5-7-17(23)12-15/h3-13H,2,14H2,1H3,(H,24,25). The Morgan fingerprint density at radius 2 is 1.81 bits per heavy atom. The lowest BCUT2D eigenvalue weighted by atomic mass is 10.2. The van der Waals surface area contributed by atoms with Gasteiger partial charge in [0.15, 0.2) is 11.5 Å². The molecule has 5 heteroatoms. The summed E-state index contributed by atoms with van der Waals surface area (Å²) in [6.07, 6.45) is 0. The largest absolute Gasteiger partial charge is 0.490 e. The molecule has 4 aromatic rings. The van der Waals surface area contributed by atoms with Crippen molar-refractivity contribution in [3.8, 4) is 22.9 Å². The Kier molecular flexibility index (Phi) is 5.12. The zero-order valence-corrected chi connectivity index (χ0v) is 16.5. The van der Waals surface area contributed by atoms with Crippen molar-refractivity contribution in [1.29, 1.82) is 0 Å². The first-order valence-electron chi connectivity index (χ1n) is 8.82. The molecule has 0 bridgehead atoms. The molecule has 27 heavy (non-hydrogen) atoms. The Labute approximate surface area is 166 Å². The monoisotopic (exact) mass is 422 g/mol. The molecule has 0 amide bonds. The van der Waals surface area contributed by atoms with Gasteiger partial charge in [-0.15, -0.1) is 0 Å². The SMILES string of the molecule is CCOc1cc(-c2nc3ccccc3[nH]2)ccc1OCc1cccc(Br)c1. The summed E-state index contributed by atoms with van der Waals surface area (Å²) in [6.45, 7) is 3.01. The van der Waals surface area contributed by atoms with Crippen LogP contribution in [0, 0.1) is 0 Å². The molecule has 0 fully saturated rings. The van der Waals surface area contributed by atoms with E-state index >= 15 is 0 Å². The van der Waals surface area contributed by atoms with E-state index in [2.05, 4.69) is 25.9 Å². The van der Waals surface area contributed by atoms with E-state index in [1.807, 2.05) is 73.7 Å². The summed E-state index contributed by atoms with van der Waals surface area (Å²) in [5.41, 5.74) is 4.01. The fourth-order valence-electron chi connectivity index (χ4n) is 2.92. The number of halogens is 1. The third kappa shape index (κ3) is 3.98. The van der Waals surface area contributed by atoms with Gasteiger partial charge in [0.2, 0.25) is 0 Å². The van der Waals surface area contributed by atoms with Crippen LogP contribution >= 0.6 is 15.9 Å². The van der Waals surface area contributed by atoms with Gasteiger partial charge in [-0.2, -0.15) is 0 Å². The van der Waals surface area contributed by atoms with Crippen LogP contribution < -0.4 is 9.47 Å². The minimum atomic E-state index is 0.476. The van der Waals surface area contributed by atoms with Crippen molar-refractivity contribution in [3.63, 3.8) is 0 Å². The zero-order chi connectivity index (χ0) is 18.6. The fourth-order valence-corrected chi connectivity index (χ4v) is 3.37. The number of hydrogen-bond acceptors (Lipinski definition) is 3. The topological polar surface area (TPSA) is 47.1 Å². The van der Waals surface area contributed by atoms with Gasteiger partial charge in [0, 0.05) is 10.0 Å². The molecule has 1 N–H and O–H groups in total. The number of benzene rings is 3. The third-order valence-electron chi connectivity index (χ3n) is 4.19. The van der Waals surface area contributed by atoms with Crippen LogP contribution in [0.4, 0.5) is 0 Å². The highest BCUT2D eigenvalue weighted by molar-refractivity contribution is 9.10. The molecule has 0 aliphatic rings. The van der Waals surface area contributed by atoms with Crippen molar-refractivity contribution < 1.29 is 9.47 Å². The van der Waals surface area contributed by atoms with Crippen molar-refractivity contribution >= 4 is 27.0 Å². The lowest BCUT2D eigenvalue weighted by Crippen LogP contribution is -2.00. The van der Waals surface area contributed by atoms with Gasteiger partial charge in [-0.25, -0.2) is 4.98 Å². The number of imidazole rings is 1. The van der Waals surface area contributed by atoms with Crippen LogP contribution in [0.5, 0.6) is 11.5 Å². The lowest BCUT2D eigenvalue weighted by Gasteiger charge is -2.13. The zero-order valence-electron chi connectivity index (χ0n) is 14.9. The number of nitrogens with one attached hydrogen (secondary N) is 1. The summed E-state index contributed by atoms with van der Waals surface area (Å²) in [5.74, 6) is 2.25. The van der Waals surface area contributed by atoms with Gasteiger partial charge in [0.05, 0.1) is 17.6 Å². The molecule has 0 radical (unpaired) electrons. The maximum Gasteiger partial charge on any atom is 0.161 e. The number of nitrogens with zero attached hydrogens (tertiary/aromatic N) is 1. The molecular formula is C22H19BrN2O2. The van der Waals surface area contributed by atoms with Crippen LogP contribution in [0.2, 0.25) is 0 Å². The highest BCUT2D eigenvalue weighted by Gasteiger charge is 2.11. The summed E-state index contributed by atoms with van der Waals surface area (Å²) in [6, 6.07) is 22.0. The fraction of sp³-hybridized carbons (Fsp3) is 0.136. The van der Waals surface area contributed by atoms with E-state index in [0.29, 0.717) is 19.0 Å². The minimum absolute atomic E-state index is 0.476. The molecule has 3 aromatic carbocycles. The van der Waals surface area contributed by atoms with Crippen LogP contribution in [-0.2, 0) is 6.61 Å². The minimum Gasteiger partial charge on any atom is -0.490 e. The van der Waals surface area contributed by atoms with Crippen LogP contribution in [0.25, 0.3) is 22.4 Å². The maximum absolute atomic E-state index is 6.00. The van der Waals surface area contributed by atoms with Crippen molar-refractivity contribution in [1.82, 2.24) is 9.97 Å². The molecule has 4 rings (SSSR count). The number of rotatable bonds is 6. The van der Waals surface area contributed by atoms with E-state index in [1.54, 1.807) is 0 Å². The van der Waals surface area contributed by atoms with E-state index in [9.17, 15) is 0 Å². The van der Waals surface area contributed by atoms with E-state index in [-0.39, 0.29) is 0 Å². The smallest absolute Gasteiger partial charge is 0.161 e. The average molecular weight is 423 g/mol. The molecule has 1 aromatic heterocycles. The highest BCUT2D eigenvalue weighted by atomic mass is 79.9. The van der Waals surface area contributed by atoms with Crippen LogP contribution in [0.15, 0.2) is 71.2 Å². The van der Waals surface area contributed by atoms with E-state index in [0.717, 1.165) is 38.2 Å². The molecule has 0 spiro atoms. The second-order valence-electron chi connectivity index (χ2n) is 6.12. The first-order chi connectivity index (χ1) is 13.2. The van der Waals surface area contributed by atoms with Crippen molar-refractivity contribution in [2.24, 2.45) is 0 Å². The first kappa shape index (κ1) is 17.6. The van der Waals surface area contributed by atoms with E-state index in [4.69, 9.17) is 9.47 Å². The van der Waals surface area contributed by atoms with Crippen molar-refractivity contribution in [2.75, 3.05) is 6.61 Å².